The van der Waals surface area contributed by atoms with E-state index < -0.39 is 0 Å². The molecule has 26 heavy (non-hydrogen) atoms. The van der Waals surface area contributed by atoms with Gasteiger partial charge in [-0.2, -0.15) is 0 Å². The van der Waals surface area contributed by atoms with Crippen LogP contribution in [-0.4, -0.2) is 51.9 Å². The molecule has 0 radical (unpaired) electrons. The average molecular weight is 355 g/mol. The second-order valence-corrected chi connectivity index (χ2v) is 6.74. The second-order valence-electron chi connectivity index (χ2n) is 6.74. The van der Waals surface area contributed by atoms with Gasteiger partial charge in [-0.3, -0.25) is 19.5 Å². The summed E-state index contributed by atoms with van der Waals surface area (Å²) in [4.78, 5) is 35.1. The van der Waals surface area contributed by atoms with Crippen molar-refractivity contribution < 1.29 is 4.79 Å². The van der Waals surface area contributed by atoms with Gasteiger partial charge in [0, 0.05) is 37.3 Å². The Morgan fingerprint density at radius 1 is 1.42 bits per heavy atom. The summed E-state index contributed by atoms with van der Waals surface area (Å²) in [6.07, 6.45) is 1.74. The molecule has 1 aliphatic rings. The summed E-state index contributed by atoms with van der Waals surface area (Å²) >= 11 is 0. The van der Waals surface area contributed by atoms with Gasteiger partial charge in [0.15, 0.2) is 0 Å². The average Bonchev–Trinajstić information content (AvgIpc) is 3.10. The molecule has 138 valence electrons. The highest BCUT2D eigenvalue weighted by atomic mass is 16.2. The Labute approximate surface area is 152 Å². The highest BCUT2D eigenvalue weighted by Crippen LogP contribution is 2.20. The minimum atomic E-state index is -0.250. The Balaban J connectivity index is 1.66. The number of aromatic nitrogens is 2. The number of hydrogen-bond acceptors (Lipinski definition) is 5. The van der Waals surface area contributed by atoms with Gasteiger partial charge in [-0.15, -0.1) is 0 Å². The van der Waals surface area contributed by atoms with Crippen molar-refractivity contribution in [1.29, 1.82) is 0 Å². The minimum absolute atomic E-state index is 0.0943. The van der Waals surface area contributed by atoms with Gasteiger partial charge in [-0.05, 0) is 31.5 Å². The van der Waals surface area contributed by atoms with Crippen molar-refractivity contribution in [3.63, 3.8) is 0 Å². The molecule has 0 bridgehead atoms. The fourth-order valence-electron chi connectivity index (χ4n) is 3.49. The minimum Gasteiger partial charge on any atom is -0.369 e. The number of H-pyrrole nitrogens is 1. The summed E-state index contributed by atoms with van der Waals surface area (Å²) in [5.41, 5.74) is 7.86. The van der Waals surface area contributed by atoms with Crippen LogP contribution in [0.3, 0.4) is 0 Å². The standard InChI is InChI=1S/C19H25N5O2/c1-3-13-6-4-5-7-16(13)18(26)24-9-8-15(12-24)23(2)11-14-10-17(25)22-19(20)21-14/h4-7,10,15H,3,8-9,11-12H2,1-2H3,(H3,20,21,22,25)/t15-/m1/s1. The van der Waals surface area contributed by atoms with Crippen molar-refractivity contribution in [2.24, 2.45) is 0 Å². The van der Waals surface area contributed by atoms with E-state index in [2.05, 4.69) is 21.8 Å². The zero-order valence-corrected chi connectivity index (χ0v) is 15.2. The molecule has 3 rings (SSSR count). The number of hydrogen-bond donors (Lipinski definition) is 2. The molecule has 1 saturated heterocycles. The number of benzene rings is 1. The molecule has 0 unspecified atom stereocenters. The third-order valence-corrected chi connectivity index (χ3v) is 4.93. The lowest BCUT2D eigenvalue weighted by molar-refractivity contribution is 0.0778. The lowest BCUT2D eigenvalue weighted by atomic mass is 10.0. The molecular formula is C19H25N5O2. The van der Waals surface area contributed by atoms with Crippen LogP contribution in [0.25, 0.3) is 0 Å². The van der Waals surface area contributed by atoms with Crippen molar-refractivity contribution in [3.05, 3.63) is 57.5 Å². The summed E-state index contributed by atoms with van der Waals surface area (Å²) < 4.78 is 0. The van der Waals surface area contributed by atoms with Gasteiger partial charge in [0.1, 0.15) is 0 Å². The predicted octanol–water partition coefficient (Wildman–Crippen LogP) is 1.26. The molecule has 2 aromatic rings. The SMILES string of the molecule is CCc1ccccc1C(=O)N1CC[C@@H](N(C)Cc2cc(=O)[nH]c(N)n2)C1. The highest BCUT2D eigenvalue weighted by Gasteiger charge is 2.30. The van der Waals surface area contributed by atoms with E-state index in [9.17, 15) is 9.59 Å². The number of aromatic amines is 1. The van der Waals surface area contributed by atoms with E-state index in [0.29, 0.717) is 18.8 Å². The van der Waals surface area contributed by atoms with E-state index in [4.69, 9.17) is 5.73 Å². The van der Waals surface area contributed by atoms with Gasteiger partial charge in [0.05, 0.1) is 5.69 Å². The van der Waals surface area contributed by atoms with Gasteiger partial charge >= 0.3 is 0 Å². The number of anilines is 1. The molecule has 1 fully saturated rings. The molecule has 1 atom stereocenters. The molecule has 0 aliphatic carbocycles. The van der Waals surface area contributed by atoms with Crippen LogP contribution in [0.15, 0.2) is 35.1 Å². The Kier molecular flexibility index (Phi) is 5.37. The second kappa shape index (κ2) is 7.70. The molecule has 1 amide bonds. The monoisotopic (exact) mass is 355 g/mol. The van der Waals surface area contributed by atoms with Crippen LogP contribution in [0.2, 0.25) is 0 Å². The van der Waals surface area contributed by atoms with Crippen molar-refractivity contribution in [1.82, 2.24) is 19.8 Å². The fourth-order valence-corrected chi connectivity index (χ4v) is 3.49. The van der Waals surface area contributed by atoms with Crippen LogP contribution in [0.1, 0.15) is 35.0 Å². The third kappa shape index (κ3) is 3.94. The van der Waals surface area contributed by atoms with E-state index in [-0.39, 0.29) is 23.5 Å². The number of aryl methyl sites for hydroxylation is 1. The van der Waals surface area contributed by atoms with E-state index in [0.717, 1.165) is 30.5 Å². The van der Waals surface area contributed by atoms with Crippen molar-refractivity contribution >= 4 is 11.9 Å². The van der Waals surface area contributed by atoms with Crippen molar-refractivity contribution in [2.75, 3.05) is 25.9 Å². The molecule has 0 spiro atoms. The number of carbonyl (C=O) groups is 1. The van der Waals surface area contributed by atoms with Gasteiger partial charge in [0.25, 0.3) is 11.5 Å². The van der Waals surface area contributed by atoms with Gasteiger partial charge in [0.2, 0.25) is 5.95 Å². The molecule has 7 heteroatoms. The molecule has 1 aromatic heterocycles. The predicted molar refractivity (Wildman–Crippen MR) is 101 cm³/mol. The van der Waals surface area contributed by atoms with Crippen molar-refractivity contribution in [3.8, 4) is 0 Å². The molecule has 1 aliphatic heterocycles. The number of nitrogens with two attached hydrogens (primary N) is 1. The summed E-state index contributed by atoms with van der Waals surface area (Å²) in [7, 11) is 1.98. The lowest BCUT2D eigenvalue weighted by Crippen LogP contribution is -2.36. The Morgan fingerprint density at radius 3 is 2.92 bits per heavy atom. The zero-order chi connectivity index (χ0) is 18.7. The van der Waals surface area contributed by atoms with Gasteiger partial charge in [-0.1, -0.05) is 25.1 Å². The molecule has 3 N–H and O–H groups in total. The lowest BCUT2D eigenvalue weighted by Gasteiger charge is -2.24. The first kappa shape index (κ1) is 18.1. The summed E-state index contributed by atoms with van der Waals surface area (Å²) in [5.74, 6) is 0.220. The van der Waals surface area contributed by atoms with E-state index in [1.165, 1.54) is 6.07 Å². The van der Waals surface area contributed by atoms with E-state index in [1.54, 1.807) is 0 Å². The van der Waals surface area contributed by atoms with Crippen LogP contribution in [0.5, 0.6) is 0 Å². The number of rotatable bonds is 5. The Morgan fingerprint density at radius 2 is 2.19 bits per heavy atom. The number of amides is 1. The maximum absolute atomic E-state index is 12.9. The Hall–Kier alpha value is -2.67. The van der Waals surface area contributed by atoms with Crippen LogP contribution in [0, 0.1) is 0 Å². The summed E-state index contributed by atoms with van der Waals surface area (Å²) in [5, 5.41) is 0. The molecule has 2 heterocycles. The number of nitrogens with one attached hydrogen (secondary N) is 1. The Bertz CT molecular complexity index is 848. The highest BCUT2D eigenvalue weighted by molar-refractivity contribution is 5.95. The van der Waals surface area contributed by atoms with E-state index in [1.807, 2.05) is 36.2 Å². The quantitative estimate of drug-likeness (QED) is 0.842. The normalized spacial score (nSPS) is 17.0. The first-order valence-electron chi connectivity index (χ1n) is 8.91. The number of likely N-dealkylation sites (tertiary alicyclic amines) is 1. The van der Waals surface area contributed by atoms with Crippen LogP contribution in [0.4, 0.5) is 5.95 Å². The number of nitrogen functional groups attached to an aromatic ring is 1. The molecule has 1 aromatic carbocycles. The van der Waals surface area contributed by atoms with Crippen molar-refractivity contribution in [2.45, 2.75) is 32.4 Å². The van der Waals surface area contributed by atoms with Gasteiger partial charge < -0.3 is 10.6 Å². The first-order valence-corrected chi connectivity index (χ1v) is 8.91. The summed E-state index contributed by atoms with van der Waals surface area (Å²) in [6.45, 7) is 3.99. The molecule has 0 saturated carbocycles. The zero-order valence-electron chi connectivity index (χ0n) is 15.2. The molecule has 7 nitrogen and oxygen atoms in total. The number of nitrogens with zero attached hydrogens (tertiary/aromatic N) is 3. The maximum atomic E-state index is 12.9. The van der Waals surface area contributed by atoms with E-state index >= 15 is 0 Å². The summed E-state index contributed by atoms with van der Waals surface area (Å²) in [6, 6.07) is 9.49. The smallest absolute Gasteiger partial charge is 0.254 e. The largest absolute Gasteiger partial charge is 0.369 e. The van der Waals surface area contributed by atoms with Crippen LogP contribution < -0.4 is 11.3 Å². The number of carbonyl (C=O) groups excluding carboxylic acids is 1. The number of likely N-dealkylation sites (N-methyl/N-ethyl adjacent to an activating group) is 1. The first-order chi connectivity index (χ1) is 12.5. The van der Waals surface area contributed by atoms with Gasteiger partial charge in [-0.25, -0.2) is 4.98 Å². The van der Waals surface area contributed by atoms with Crippen LogP contribution >= 0.6 is 0 Å². The maximum Gasteiger partial charge on any atom is 0.254 e. The van der Waals surface area contributed by atoms with Crippen LogP contribution in [-0.2, 0) is 13.0 Å². The molecular weight excluding hydrogens is 330 g/mol. The fraction of sp³-hybridized carbons (Fsp3) is 0.421. The third-order valence-electron chi connectivity index (χ3n) is 4.93. The topological polar surface area (TPSA) is 95.3 Å².